The van der Waals surface area contributed by atoms with Gasteiger partial charge in [-0.1, -0.05) is 0 Å². The van der Waals surface area contributed by atoms with E-state index >= 15 is 0 Å². The van der Waals surface area contributed by atoms with Crippen LogP contribution in [0.4, 0.5) is 11.5 Å². The van der Waals surface area contributed by atoms with E-state index in [9.17, 15) is 4.79 Å². The highest BCUT2D eigenvalue weighted by Crippen LogP contribution is 2.21. The van der Waals surface area contributed by atoms with Gasteiger partial charge in [-0.3, -0.25) is 4.79 Å². The zero-order valence-corrected chi connectivity index (χ0v) is 13.0. The van der Waals surface area contributed by atoms with Crippen LogP contribution < -0.4 is 15.4 Å². The Bertz CT molecular complexity index is 681. The first kappa shape index (κ1) is 15.1. The minimum absolute atomic E-state index is 0.162. The highest BCUT2D eigenvalue weighted by Gasteiger charge is 2.24. The summed E-state index contributed by atoms with van der Waals surface area (Å²) in [6, 6.07) is 7.92. The maximum atomic E-state index is 12.5. The van der Waals surface area contributed by atoms with Crippen molar-refractivity contribution < 1.29 is 9.53 Å². The van der Waals surface area contributed by atoms with Crippen LogP contribution in [0.15, 0.2) is 36.7 Å². The summed E-state index contributed by atoms with van der Waals surface area (Å²) in [5.41, 5.74) is 7.08. The lowest BCUT2D eigenvalue weighted by atomic mass is 10.2. The van der Waals surface area contributed by atoms with Crippen molar-refractivity contribution in [2.75, 3.05) is 43.9 Å². The molecule has 0 atom stereocenters. The number of ether oxygens (including phenoxy) is 1. The molecule has 2 aromatic rings. The molecule has 0 aliphatic carbocycles. The molecule has 1 aromatic carbocycles. The van der Waals surface area contributed by atoms with Gasteiger partial charge in [0.1, 0.15) is 5.75 Å². The summed E-state index contributed by atoms with van der Waals surface area (Å²) in [6.45, 7) is 2.78. The summed E-state index contributed by atoms with van der Waals surface area (Å²) in [4.78, 5) is 24.4. The van der Waals surface area contributed by atoms with Crippen molar-refractivity contribution in [3.8, 4) is 5.75 Å². The van der Waals surface area contributed by atoms with E-state index in [1.165, 1.54) is 12.4 Å². The molecule has 23 heavy (non-hydrogen) atoms. The van der Waals surface area contributed by atoms with Gasteiger partial charge in [0.15, 0.2) is 11.5 Å². The molecule has 1 saturated heterocycles. The summed E-state index contributed by atoms with van der Waals surface area (Å²) in [6.07, 6.45) is 2.96. The first-order valence-electron chi connectivity index (χ1n) is 7.44. The fourth-order valence-electron chi connectivity index (χ4n) is 2.62. The number of benzene rings is 1. The van der Waals surface area contributed by atoms with Crippen LogP contribution in [0.3, 0.4) is 0 Å². The van der Waals surface area contributed by atoms with Crippen LogP contribution in [0.2, 0.25) is 0 Å². The molecule has 1 aromatic heterocycles. The van der Waals surface area contributed by atoms with Crippen LogP contribution in [-0.2, 0) is 0 Å². The molecule has 0 unspecified atom stereocenters. The lowest BCUT2D eigenvalue weighted by molar-refractivity contribution is 0.0741. The number of carbonyl (C=O) groups excluding carboxylic acids is 1. The van der Waals surface area contributed by atoms with E-state index in [1.54, 1.807) is 12.0 Å². The topological polar surface area (TPSA) is 84.6 Å². The molecule has 0 radical (unpaired) electrons. The molecule has 1 aliphatic rings. The summed E-state index contributed by atoms with van der Waals surface area (Å²) in [7, 11) is 1.65. The van der Waals surface area contributed by atoms with Crippen molar-refractivity contribution in [3.63, 3.8) is 0 Å². The van der Waals surface area contributed by atoms with Gasteiger partial charge in [-0.25, -0.2) is 9.97 Å². The van der Waals surface area contributed by atoms with Crippen LogP contribution in [-0.4, -0.2) is 54.1 Å². The smallest absolute Gasteiger partial charge is 0.276 e. The molecule has 0 spiro atoms. The van der Waals surface area contributed by atoms with E-state index in [1.807, 2.05) is 24.3 Å². The molecule has 0 bridgehead atoms. The van der Waals surface area contributed by atoms with Crippen LogP contribution in [0.1, 0.15) is 10.5 Å². The van der Waals surface area contributed by atoms with Crippen LogP contribution in [0.5, 0.6) is 5.75 Å². The third kappa shape index (κ3) is 3.18. The maximum Gasteiger partial charge on any atom is 0.276 e. The predicted octanol–water partition coefficient (Wildman–Crippen LogP) is 1.03. The van der Waals surface area contributed by atoms with Gasteiger partial charge in [0, 0.05) is 44.3 Å². The normalized spacial score (nSPS) is 14.7. The highest BCUT2D eigenvalue weighted by molar-refractivity contribution is 5.96. The number of hydrogen-bond acceptors (Lipinski definition) is 6. The van der Waals surface area contributed by atoms with Crippen molar-refractivity contribution in [1.82, 2.24) is 14.9 Å². The highest BCUT2D eigenvalue weighted by atomic mass is 16.5. The summed E-state index contributed by atoms with van der Waals surface area (Å²) in [5, 5.41) is 0. The minimum atomic E-state index is -0.162. The van der Waals surface area contributed by atoms with Crippen molar-refractivity contribution in [2.24, 2.45) is 0 Å². The van der Waals surface area contributed by atoms with Gasteiger partial charge in [0.25, 0.3) is 5.91 Å². The second-order valence-corrected chi connectivity index (χ2v) is 5.27. The predicted molar refractivity (Wildman–Crippen MR) is 87.6 cm³/mol. The molecular formula is C16H19N5O2. The Kier molecular flexibility index (Phi) is 4.27. The van der Waals surface area contributed by atoms with E-state index in [-0.39, 0.29) is 17.4 Å². The average molecular weight is 313 g/mol. The first-order valence-corrected chi connectivity index (χ1v) is 7.44. The fourth-order valence-corrected chi connectivity index (χ4v) is 2.62. The Morgan fingerprint density at radius 1 is 1.09 bits per heavy atom. The van der Waals surface area contributed by atoms with E-state index in [4.69, 9.17) is 10.5 Å². The third-order valence-corrected chi connectivity index (χ3v) is 3.93. The van der Waals surface area contributed by atoms with Gasteiger partial charge in [-0.05, 0) is 24.3 Å². The maximum absolute atomic E-state index is 12.5. The molecule has 2 N–H and O–H groups in total. The Hall–Kier alpha value is -2.83. The van der Waals surface area contributed by atoms with Gasteiger partial charge in [-0.15, -0.1) is 0 Å². The lowest BCUT2D eigenvalue weighted by Gasteiger charge is -2.36. The Labute approximate surface area is 134 Å². The van der Waals surface area contributed by atoms with E-state index < -0.39 is 0 Å². The zero-order valence-electron chi connectivity index (χ0n) is 13.0. The Balaban J connectivity index is 1.64. The number of nitrogens with two attached hydrogens (primary N) is 1. The monoisotopic (exact) mass is 313 g/mol. The van der Waals surface area contributed by atoms with Gasteiger partial charge in [-0.2, -0.15) is 0 Å². The number of nitrogen functional groups attached to an aromatic ring is 1. The molecule has 2 heterocycles. The first-order chi connectivity index (χ1) is 11.2. The number of anilines is 2. The summed E-state index contributed by atoms with van der Waals surface area (Å²) >= 11 is 0. The average Bonchev–Trinajstić information content (AvgIpc) is 2.62. The van der Waals surface area contributed by atoms with Crippen LogP contribution in [0, 0.1) is 0 Å². The summed E-state index contributed by atoms with van der Waals surface area (Å²) < 4.78 is 5.17. The fraction of sp³-hybridized carbons (Fsp3) is 0.312. The van der Waals surface area contributed by atoms with Gasteiger partial charge < -0.3 is 20.3 Å². The quantitative estimate of drug-likeness (QED) is 0.911. The van der Waals surface area contributed by atoms with Crippen molar-refractivity contribution >= 4 is 17.4 Å². The Morgan fingerprint density at radius 2 is 1.74 bits per heavy atom. The van der Waals surface area contributed by atoms with Crippen LogP contribution in [0.25, 0.3) is 0 Å². The minimum Gasteiger partial charge on any atom is -0.497 e. The number of rotatable bonds is 3. The molecule has 7 heteroatoms. The summed E-state index contributed by atoms with van der Waals surface area (Å²) in [5.74, 6) is 0.848. The molecule has 7 nitrogen and oxygen atoms in total. The lowest BCUT2D eigenvalue weighted by Crippen LogP contribution is -2.49. The van der Waals surface area contributed by atoms with Crippen molar-refractivity contribution in [3.05, 3.63) is 42.4 Å². The molecule has 3 rings (SSSR count). The number of amides is 1. The second kappa shape index (κ2) is 6.51. The second-order valence-electron chi connectivity index (χ2n) is 5.27. The van der Waals surface area contributed by atoms with E-state index in [0.29, 0.717) is 13.1 Å². The number of piperazine rings is 1. The molecule has 1 aliphatic heterocycles. The molecular weight excluding hydrogens is 294 g/mol. The zero-order chi connectivity index (χ0) is 16.2. The number of methoxy groups -OCH3 is 1. The van der Waals surface area contributed by atoms with E-state index in [0.717, 1.165) is 24.5 Å². The van der Waals surface area contributed by atoms with Gasteiger partial charge >= 0.3 is 0 Å². The largest absolute Gasteiger partial charge is 0.497 e. The number of nitrogens with zero attached hydrogens (tertiary/aromatic N) is 4. The van der Waals surface area contributed by atoms with Crippen molar-refractivity contribution in [2.45, 2.75) is 0 Å². The van der Waals surface area contributed by atoms with Gasteiger partial charge in [0.05, 0.1) is 7.11 Å². The molecule has 1 amide bonds. The van der Waals surface area contributed by atoms with E-state index in [2.05, 4.69) is 14.9 Å². The standard InChI is InChI=1S/C16H19N5O2/c1-23-13-4-2-12(3-5-13)20-8-10-21(11-9-20)16(22)14-15(17)19-7-6-18-14/h2-7H,8-11H2,1H3,(H2,17,19). The number of aromatic nitrogens is 2. The Morgan fingerprint density at radius 3 is 2.35 bits per heavy atom. The van der Waals surface area contributed by atoms with Gasteiger partial charge in [0.2, 0.25) is 0 Å². The number of carbonyl (C=O) groups is 1. The third-order valence-electron chi connectivity index (χ3n) is 3.93. The molecule has 120 valence electrons. The molecule has 0 saturated carbocycles. The van der Waals surface area contributed by atoms with Crippen molar-refractivity contribution in [1.29, 1.82) is 0 Å². The SMILES string of the molecule is COc1ccc(N2CCN(C(=O)c3nccnc3N)CC2)cc1. The van der Waals surface area contributed by atoms with Crippen LogP contribution >= 0.6 is 0 Å². The molecule has 1 fully saturated rings. The number of hydrogen-bond donors (Lipinski definition) is 1.